The van der Waals surface area contributed by atoms with Crippen LogP contribution in [-0.4, -0.2) is 23.0 Å². The molecule has 0 unspecified atom stereocenters. The highest BCUT2D eigenvalue weighted by Crippen LogP contribution is 2.20. The minimum atomic E-state index is -1.01. The standard InChI is InChI=1S/C15H22N2O3/c1-8(2)5-13(16)14(18)17-11-6-9(3)10(4)12(7-11)15(19)20/h6-8,13H,5,16H2,1-4H3,(H,17,18)(H,19,20)/t13-/m1/s1. The van der Waals surface area contributed by atoms with Crippen molar-refractivity contribution in [3.63, 3.8) is 0 Å². The lowest BCUT2D eigenvalue weighted by Crippen LogP contribution is -2.36. The highest BCUT2D eigenvalue weighted by atomic mass is 16.4. The molecular weight excluding hydrogens is 256 g/mol. The van der Waals surface area contributed by atoms with Crippen molar-refractivity contribution in [1.82, 2.24) is 0 Å². The molecule has 0 bridgehead atoms. The SMILES string of the molecule is Cc1cc(NC(=O)[C@H](N)CC(C)C)cc(C(=O)O)c1C. The van der Waals surface area contributed by atoms with Crippen molar-refractivity contribution in [3.05, 3.63) is 28.8 Å². The third-order valence-electron chi connectivity index (χ3n) is 3.23. The quantitative estimate of drug-likeness (QED) is 0.770. The summed E-state index contributed by atoms with van der Waals surface area (Å²) < 4.78 is 0. The fourth-order valence-corrected chi connectivity index (χ4v) is 2.00. The lowest BCUT2D eigenvalue weighted by Gasteiger charge is -2.15. The third-order valence-corrected chi connectivity index (χ3v) is 3.23. The summed E-state index contributed by atoms with van der Waals surface area (Å²) in [6, 6.07) is 2.62. The van der Waals surface area contributed by atoms with Crippen LogP contribution < -0.4 is 11.1 Å². The molecule has 5 nitrogen and oxygen atoms in total. The topological polar surface area (TPSA) is 92.4 Å². The van der Waals surface area contributed by atoms with Gasteiger partial charge in [0.15, 0.2) is 0 Å². The highest BCUT2D eigenvalue weighted by molar-refractivity contribution is 5.97. The van der Waals surface area contributed by atoms with Crippen molar-refractivity contribution in [2.24, 2.45) is 11.7 Å². The Balaban J connectivity index is 2.93. The predicted octanol–water partition coefficient (Wildman–Crippen LogP) is 2.31. The first-order chi connectivity index (χ1) is 9.22. The van der Waals surface area contributed by atoms with Crippen molar-refractivity contribution in [2.75, 3.05) is 5.32 Å². The largest absolute Gasteiger partial charge is 0.478 e. The van der Waals surface area contributed by atoms with Gasteiger partial charge >= 0.3 is 5.97 Å². The number of hydrogen-bond donors (Lipinski definition) is 3. The van der Waals surface area contributed by atoms with E-state index in [1.807, 2.05) is 20.8 Å². The van der Waals surface area contributed by atoms with E-state index in [1.165, 1.54) is 6.07 Å². The summed E-state index contributed by atoms with van der Waals surface area (Å²) in [6.07, 6.45) is 0.586. The second-order valence-corrected chi connectivity index (χ2v) is 5.50. The van der Waals surface area contributed by atoms with Crippen LogP contribution in [-0.2, 0) is 4.79 Å². The number of carbonyl (C=O) groups excluding carboxylic acids is 1. The van der Waals surface area contributed by atoms with Gasteiger partial charge in [0.05, 0.1) is 11.6 Å². The molecule has 0 spiro atoms. The number of amides is 1. The molecule has 1 atom stereocenters. The van der Waals surface area contributed by atoms with Gasteiger partial charge in [0, 0.05) is 5.69 Å². The second-order valence-electron chi connectivity index (χ2n) is 5.50. The minimum Gasteiger partial charge on any atom is -0.478 e. The number of rotatable bonds is 5. The lowest BCUT2D eigenvalue weighted by atomic mass is 10.0. The summed E-state index contributed by atoms with van der Waals surface area (Å²) in [5, 5.41) is 11.8. The Morgan fingerprint density at radius 3 is 2.40 bits per heavy atom. The average Bonchev–Trinajstić information content (AvgIpc) is 2.32. The van der Waals surface area contributed by atoms with E-state index >= 15 is 0 Å². The van der Waals surface area contributed by atoms with E-state index in [1.54, 1.807) is 13.0 Å². The Kier molecular flexibility index (Phi) is 5.27. The van der Waals surface area contributed by atoms with Crippen molar-refractivity contribution < 1.29 is 14.7 Å². The number of nitrogens with one attached hydrogen (secondary N) is 1. The molecule has 4 N–H and O–H groups in total. The molecule has 1 rings (SSSR count). The van der Waals surface area contributed by atoms with Gasteiger partial charge in [-0.15, -0.1) is 0 Å². The summed E-state index contributed by atoms with van der Waals surface area (Å²) in [4.78, 5) is 23.1. The Morgan fingerprint density at radius 1 is 1.30 bits per heavy atom. The zero-order chi connectivity index (χ0) is 15.4. The normalized spacial score (nSPS) is 12.3. The molecule has 0 aliphatic heterocycles. The number of carboxylic acids is 1. The number of aryl methyl sites for hydroxylation is 1. The highest BCUT2D eigenvalue weighted by Gasteiger charge is 2.17. The molecule has 0 aromatic heterocycles. The second kappa shape index (κ2) is 6.52. The van der Waals surface area contributed by atoms with Crippen LogP contribution in [0.4, 0.5) is 5.69 Å². The first-order valence-electron chi connectivity index (χ1n) is 6.63. The van der Waals surface area contributed by atoms with Crippen LogP contribution in [0.15, 0.2) is 12.1 Å². The van der Waals surface area contributed by atoms with Gasteiger partial charge in [0.2, 0.25) is 5.91 Å². The fraction of sp³-hybridized carbons (Fsp3) is 0.467. The number of aromatic carboxylic acids is 1. The molecule has 1 amide bonds. The van der Waals surface area contributed by atoms with Gasteiger partial charge in [0.25, 0.3) is 0 Å². The Morgan fingerprint density at radius 2 is 1.90 bits per heavy atom. The number of nitrogens with two attached hydrogens (primary N) is 1. The number of benzene rings is 1. The summed E-state index contributed by atoms with van der Waals surface area (Å²) in [5.74, 6) is -0.975. The van der Waals surface area contributed by atoms with Crippen LogP contribution in [0.2, 0.25) is 0 Å². The molecule has 0 saturated heterocycles. The van der Waals surface area contributed by atoms with Crippen molar-refractivity contribution in [3.8, 4) is 0 Å². The van der Waals surface area contributed by atoms with E-state index in [-0.39, 0.29) is 11.5 Å². The maximum absolute atomic E-state index is 11.9. The van der Waals surface area contributed by atoms with Crippen molar-refractivity contribution in [1.29, 1.82) is 0 Å². The van der Waals surface area contributed by atoms with Crippen LogP contribution in [0.3, 0.4) is 0 Å². The average molecular weight is 278 g/mol. The third kappa shape index (κ3) is 4.06. The van der Waals surface area contributed by atoms with Crippen LogP contribution >= 0.6 is 0 Å². The molecule has 1 aromatic rings. The van der Waals surface area contributed by atoms with Gasteiger partial charge in [-0.1, -0.05) is 13.8 Å². The van der Waals surface area contributed by atoms with Crippen LogP contribution in [0.5, 0.6) is 0 Å². The first kappa shape index (κ1) is 16.2. The Labute approximate surface area is 119 Å². The van der Waals surface area contributed by atoms with Crippen molar-refractivity contribution in [2.45, 2.75) is 40.2 Å². The molecule has 0 aliphatic rings. The van der Waals surface area contributed by atoms with E-state index in [2.05, 4.69) is 5.32 Å². The molecule has 0 radical (unpaired) electrons. The molecule has 0 aliphatic carbocycles. The molecule has 20 heavy (non-hydrogen) atoms. The summed E-state index contributed by atoms with van der Waals surface area (Å²) >= 11 is 0. The van der Waals surface area contributed by atoms with Gasteiger partial charge in [-0.25, -0.2) is 4.79 Å². The molecule has 1 aromatic carbocycles. The molecular formula is C15H22N2O3. The Bertz CT molecular complexity index is 524. The molecule has 0 saturated carbocycles. The minimum absolute atomic E-state index is 0.192. The van der Waals surface area contributed by atoms with Crippen LogP contribution in [0.1, 0.15) is 41.8 Å². The smallest absolute Gasteiger partial charge is 0.336 e. The number of hydrogen-bond acceptors (Lipinski definition) is 3. The van der Waals surface area contributed by atoms with E-state index in [9.17, 15) is 9.59 Å². The van der Waals surface area contributed by atoms with Crippen LogP contribution in [0, 0.1) is 19.8 Å². The Hall–Kier alpha value is -1.88. The van der Waals surface area contributed by atoms with Crippen molar-refractivity contribution >= 4 is 17.6 Å². The summed E-state index contributed by atoms with van der Waals surface area (Å²) in [5.41, 5.74) is 7.98. The molecule has 110 valence electrons. The van der Waals surface area contributed by atoms with E-state index < -0.39 is 12.0 Å². The monoisotopic (exact) mass is 278 g/mol. The summed E-state index contributed by atoms with van der Waals surface area (Å²) in [7, 11) is 0. The zero-order valence-corrected chi connectivity index (χ0v) is 12.4. The molecule has 0 heterocycles. The van der Waals surface area contributed by atoms with Gasteiger partial charge in [0.1, 0.15) is 0 Å². The zero-order valence-electron chi connectivity index (χ0n) is 12.4. The molecule has 0 fully saturated rings. The van der Waals surface area contributed by atoms with E-state index in [4.69, 9.17) is 10.8 Å². The predicted molar refractivity (Wildman–Crippen MR) is 78.9 cm³/mol. The maximum Gasteiger partial charge on any atom is 0.336 e. The number of anilines is 1. The summed E-state index contributed by atoms with van der Waals surface area (Å²) in [6.45, 7) is 7.54. The maximum atomic E-state index is 11.9. The lowest BCUT2D eigenvalue weighted by molar-refractivity contribution is -0.117. The number of carboxylic acid groups (broad SMARTS) is 1. The van der Waals surface area contributed by atoms with E-state index in [0.29, 0.717) is 23.6 Å². The number of carbonyl (C=O) groups is 2. The molecule has 5 heteroatoms. The van der Waals surface area contributed by atoms with Crippen LogP contribution in [0.25, 0.3) is 0 Å². The first-order valence-corrected chi connectivity index (χ1v) is 6.63. The van der Waals surface area contributed by atoms with Gasteiger partial charge in [-0.2, -0.15) is 0 Å². The van der Waals surface area contributed by atoms with Gasteiger partial charge in [-0.05, 0) is 49.4 Å². The van der Waals surface area contributed by atoms with Gasteiger partial charge < -0.3 is 16.2 Å². The van der Waals surface area contributed by atoms with E-state index in [0.717, 1.165) is 5.56 Å². The van der Waals surface area contributed by atoms with Gasteiger partial charge in [-0.3, -0.25) is 4.79 Å². The fourth-order valence-electron chi connectivity index (χ4n) is 2.00.